The average Bonchev–Trinajstić information content (AvgIpc) is 2.97. The van der Waals surface area contributed by atoms with Gasteiger partial charge in [-0.25, -0.2) is 0 Å². The normalized spacial score (nSPS) is 18.3. The summed E-state index contributed by atoms with van der Waals surface area (Å²) in [6.07, 6.45) is 3.24. The third-order valence-corrected chi connectivity index (χ3v) is 2.91. The van der Waals surface area contributed by atoms with Gasteiger partial charge in [-0.15, -0.1) is 0 Å². The smallest absolute Gasteiger partial charge is 0.307 e. The maximum absolute atomic E-state index is 11.1. The molecule has 0 amide bonds. The fourth-order valence-corrected chi connectivity index (χ4v) is 1.71. The molecule has 0 saturated heterocycles. The molecule has 3 nitrogen and oxygen atoms in total. The van der Waals surface area contributed by atoms with E-state index in [0.29, 0.717) is 12.5 Å². The van der Waals surface area contributed by atoms with E-state index in [1.807, 2.05) is 0 Å². The Hall–Kier alpha value is -0.570. The molecule has 0 radical (unpaired) electrons. The zero-order chi connectivity index (χ0) is 10.6. The second-order valence-electron chi connectivity index (χ2n) is 4.16. The molecule has 82 valence electrons. The van der Waals surface area contributed by atoms with Gasteiger partial charge in [0, 0.05) is 12.6 Å². The molecule has 1 unspecified atom stereocenters. The van der Waals surface area contributed by atoms with Gasteiger partial charge in [0.15, 0.2) is 0 Å². The van der Waals surface area contributed by atoms with Gasteiger partial charge in [-0.2, -0.15) is 0 Å². The number of hydrogen-bond donors (Lipinski definition) is 0. The second kappa shape index (κ2) is 5.35. The maximum Gasteiger partial charge on any atom is 0.307 e. The molecule has 14 heavy (non-hydrogen) atoms. The van der Waals surface area contributed by atoms with Crippen LogP contribution in [-0.2, 0) is 9.53 Å². The topological polar surface area (TPSA) is 29.5 Å². The summed E-state index contributed by atoms with van der Waals surface area (Å²) in [5.41, 5.74) is 0. The van der Waals surface area contributed by atoms with E-state index >= 15 is 0 Å². The fourth-order valence-electron chi connectivity index (χ4n) is 1.71. The zero-order valence-corrected chi connectivity index (χ0v) is 9.45. The lowest BCUT2D eigenvalue weighted by Crippen LogP contribution is -2.36. The lowest BCUT2D eigenvalue weighted by molar-refractivity contribution is -0.141. The SMILES string of the molecule is CCN(CC1CC1)C(C)CC(=O)OC. The van der Waals surface area contributed by atoms with Crippen LogP contribution >= 0.6 is 0 Å². The Kier molecular flexibility index (Phi) is 4.39. The number of hydrogen-bond acceptors (Lipinski definition) is 3. The summed E-state index contributed by atoms with van der Waals surface area (Å²) in [7, 11) is 1.45. The predicted molar refractivity (Wildman–Crippen MR) is 56.1 cm³/mol. The van der Waals surface area contributed by atoms with E-state index in [4.69, 9.17) is 0 Å². The van der Waals surface area contributed by atoms with Crippen molar-refractivity contribution in [1.82, 2.24) is 4.90 Å². The van der Waals surface area contributed by atoms with Crippen molar-refractivity contribution in [3.63, 3.8) is 0 Å². The van der Waals surface area contributed by atoms with Crippen LogP contribution in [0, 0.1) is 5.92 Å². The van der Waals surface area contributed by atoms with Gasteiger partial charge in [-0.05, 0) is 32.2 Å². The van der Waals surface area contributed by atoms with Gasteiger partial charge in [0.2, 0.25) is 0 Å². The molecule has 1 rings (SSSR count). The van der Waals surface area contributed by atoms with Gasteiger partial charge in [0.1, 0.15) is 0 Å². The lowest BCUT2D eigenvalue weighted by atomic mass is 10.2. The van der Waals surface area contributed by atoms with Crippen molar-refractivity contribution in [2.75, 3.05) is 20.2 Å². The summed E-state index contributed by atoms with van der Waals surface area (Å²) < 4.78 is 4.67. The van der Waals surface area contributed by atoms with Crippen molar-refractivity contribution in [1.29, 1.82) is 0 Å². The number of esters is 1. The Bertz CT molecular complexity index is 190. The van der Waals surface area contributed by atoms with Crippen LogP contribution in [0.2, 0.25) is 0 Å². The predicted octanol–water partition coefficient (Wildman–Crippen LogP) is 1.67. The van der Waals surface area contributed by atoms with Crippen LogP contribution in [0.5, 0.6) is 0 Å². The number of nitrogens with zero attached hydrogens (tertiary/aromatic N) is 1. The maximum atomic E-state index is 11.1. The molecular weight excluding hydrogens is 178 g/mol. The molecule has 3 heteroatoms. The highest BCUT2D eigenvalue weighted by atomic mass is 16.5. The summed E-state index contributed by atoms with van der Waals surface area (Å²) in [5, 5.41) is 0. The third-order valence-electron chi connectivity index (χ3n) is 2.91. The zero-order valence-electron chi connectivity index (χ0n) is 9.45. The van der Waals surface area contributed by atoms with Crippen molar-refractivity contribution in [2.24, 2.45) is 5.92 Å². The molecule has 0 aromatic rings. The highest BCUT2D eigenvalue weighted by Crippen LogP contribution is 2.30. The quantitative estimate of drug-likeness (QED) is 0.609. The molecule has 0 aromatic carbocycles. The Labute approximate surface area is 86.4 Å². The van der Waals surface area contributed by atoms with Crippen LogP contribution in [0.25, 0.3) is 0 Å². The van der Waals surface area contributed by atoms with Crippen LogP contribution in [0.1, 0.15) is 33.1 Å². The van der Waals surface area contributed by atoms with Gasteiger partial charge < -0.3 is 9.64 Å². The molecule has 1 aliphatic rings. The van der Waals surface area contributed by atoms with E-state index in [9.17, 15) is 4.79 Å². The first kappa shape index (κ1) is 11.5. The molecule has 1 saturated carbocycles. The van der Waals surface area contributed by atoms with E-state index in [-0.39, 0.29) is 5.97 Å². The Morgan fingerprint density at radius 2 is 2.21 bits per heavy atom. The first-order chi connectivity index (χ1) is 6.67. The molecule has 1 aliphatic carbocycles. The van der Waals surface area contributed by atoms with Crippen molar-refractivity contribution in [3.8, 4) is 0 Å². The first-order valence-electron chi connectivity index (χ1n) is 5.48. The summed E-state index contributed by atoms with van der Waals surface area (Å²) in [6.45, 7) is 6.42. The van der Waals surface area contributed by atoms with E-state index in [1.54, 1.807) is 0 Å². The van der Waals surface area contributed by atoms with Gasteiger partial charge in [0.25, 0.3) is 0 Å². The Morgan fingerprint density at radius 1 is 1.57 bits per heavy atom. The summed E-state index contributed by atoms with van der Waals surface area (Å²) >= 11 is 0. The van der Waals surface area contributed by atoms with Gasteiger partial charge in [-0.3, -0.25) is 4.79 Å². The van der Waals surface area contributed by atoms with Crippen molar-refractivity contribution in [3.05, 3.63) is 0 Å². The summed E-state index contributed by atoms with van der Waals surface area (Å²) in [6, 6.07) is 0.313. The molecule has 1 fully saturated rings. The highest BCUT2D eigenvalue weighted by Gasteiger charge is 2.26. The van der Waals surface area contributed by atoms with Gasteiger partial charge in [0.05, 0.1) is 13.5 Å². The molecule has 0 heterocycles. The van der Waals surface area contributed by atoms with E-state index in [0.717, 1.165) is 19.0 Å². The summed E-state index contributed by atoms with van der Waals surface area (Å²) in [5.74, 6) is 0.779. The first-order valence-corrected chi connectivity index (χ1v) is 5.48. The molecule has 1 atom stereocenters. The van der Waals surface area contributed by atoms with E-state index in [2.05, 4.69) is 23.5 Å². The highest BCUT2D eigenvalue weighted by molar-refractivity contribution is 5.69. The van der Waals surface area contributed by atoms with Crippen LogP contribution in [0.4, 0.5) is 0 Å². The minimum atomic E-state index is -0.105. The fraction of sp³-hybridized carbons (Fsp3) is 0.909. The standard InChI is InChI=1S/C11H21NO2/c1-4-12(8-10-5-6-10)9(2)7-11(13)14-3/h9-10H,4-8H2,1-3H3. The molecule has 0 N–H and O–H groups in total. The lowest BCUT2D eigenvalue weighted by Gasteiger charge is -2.26. The molecular formula is C11H21NO2. The number of rotatable bonds is 6. The Balaban J connectivity index is 2.29. The Morgan fingerprint density at radius 3 is 2.64 bits per heavy atom. The van der Waals surface area contributed by atoms with Crippen molar-refractivity contribution in [2.45, 2.75) is 39.2 Å². The number of carbonyl (C=O) groups is 1. The molecule has 0 aliphatic heterocycles. The van der Waals surface area contributed by atoms with E-state index < -0.39 is 0 Å². The third kappa shape index (κ3) is 3.66. The monoisotopic (exact) mass is 199 g/mol. The molecule has 0 bridgehead atoms. The van der Waals surface area contributed by atoms with Crippen LogP contribution in [0.15, 0.2) is 0 Å². The number of methoxy groups -OCH3 is 1. The van der Waals surface area contributed by atoms with Gasteiger partial charge in [-0.1, -0.05) is 6.92 Å². The average molecular weight is 199 g/mol. The van der Waals surface area contributed by atoms with Crippen LogP contribution in [-0.4, -0.2) is 37.1 Å². The van der Waals surface area contributed by atoms with Crippen molar-refractivity contribution >= 4 is 5.97 Å². The number of ether oxygens (including phenoxy) is 1. The molecule has 0 spiro atoms. The van der Waals surface area contributed by atoms with E-state index in [1.165, 1.54) is 20.0 Å². The van der Waals surface area contributed by atoms with Crippen LogP contribution < -0.4 is 0 Å². The van der Waals surface area contributed by atoms with Crippen LogP contribution in [0.3, 0.4) is 0 Å². The van der Waals surface area contributed by atoms with Gasteiger partial charge >= 0.3 is 5.97 Å². The minimum absolute atomic E-state index is 0.105. The number of carbonyl (C=O) groups excluding carboxylic acids is 1. The summed E-state index contributed by atoms with van der Waals surface area (Å²) in [4.78, 5) is 13.5. The molecule has 0 aromatic heterocycles. The second-order valence-corrected chi connectivity index (χ2v) is 4.16. The largest absolute Gasteiger partial charge is 0.469 e. The van der Waals surface area contributed by atoms with Crippen molar-refractivity contribution < 1.29 is 9.53 Å². The minimum Gasteiger partial charge on any atom is -0.469 e.